The number of benzene rings is 2. The van der Waals surface area contributed by atoms with Crippen molar-refractivity contribution in [2.24, 2.45) is 5.92 Å². The number of hydrogen-bond acceptors (Lipinski definition) is 3. The van der Waals surface area contributed by atoms with Crippen molar-refractivity contribution in [3.8, 4) is 0 Å². The number of amides is 3. The lowest BCUT2D eigenvalue weighted by Gasteiger charge is -2.29. The standard InChI is InChI=1S/C24H29N3O3/c1-16-8-7-10-18(14-16)15-25-22(28)19-11-4-6-13-21(19)27-24(30)23(29)26-20-12-5-3-9-17(20)2/h4,6-8,10-11,13-14,17,20H,3,5,9,12,15H2,1-2H3,(H,25,28)(H,26,29)(H,27,30)/t17-,20+/m0/s1. The van der Waals surface area contributed by atoms with Gasteiger partial charge >= 0.3 is 11.8 Å². The highest BCUT2D eigenvalue weighted by Gasteiger charge is 2.26. The van der Waals surface area contributed by atoms with Crippen molar-refractivity contribution in [3.05, 3.63) is 65.2 Å². The van der Waals surface area contributed by atoms with Crippen LogP contribution in [0.5, 0.6) is 0 Å². The molecule has 158 valence electrons. The van der Waals surface area contributed by atoms with Crippen molar-refractivity contribution in [2.45, 2.75) is 52.1 Å². The van der Waals surface area contributed by atoms with Crippen molar-refractivity contribution < 1.29 is 14.4 Å². The maximum absolute atomic E-state index is 12.7. The minimum Gasteiger partial charge on any atom is -0.348 e. The molecule has 6 nitrogen and oxygen atoms in total. The molecule has 30 heavy (non-hydrogen) atoms. The SMILES string of the molecule is Cc1cccc(CNC(=O)c2ccccc2NC(=O)C(=O)N[C@@H]2CCCC[C@@H]2C)c1. The number of aryl methyl sites for hydroxylation is 1. The van der Waals surface area contributed by atoms with Crippen molar-refractivity contribution in [2.75, 3.05) is 5.32 Å². The Kier molecular flexibility index (Phi) is 7.22. The summed E-state index contributed by atoms with van der Waals surface area (Å²) in [5.74, 6) is -1.38. The number of hydrogen-bond donors (Lipinski definition) is 3. The van der Waals surface area contributed by atoms with Crippen molar-refractivity contribution in [3.63, 3.8) is 0 Å². The third-order valence-electron chi connectivity index (χ3n) is 5.59. The van der Waals surface area contributed by atoms with Gasteiger partial charge in [0.25, 0.3) is 5.91 Å². The molecule has 1 fully saturated rings. The maximum Gasteiger partial charge on any atom is 0.313 e. The van der Waals surface area contributed by atoms with Gasteiger partial charge in [0.2, 0.25) is 0 Å². The second kappa shape index (κ2) is 10.1. The van der Waals surface area contributed by atoms with Crippen molar-refractivity contribution >= 4 is 23.4 Å². The second-order valence-electron chi connectivity index (χ2n) is 8.01. The summed E-state index contributed by atoms with van der Waals surface area (Å²) in [6, 6.07) is 14.6. The summed E-state index contributed by atoms with van der Waals surface area (Å²) in [6.45, 7) is 4.47. The summed E-state index contributed by atoms with van der Waals surface area (Å²) in [6.07, 6.45) is 4.15. The molecular formula is C24H29N3O3. The monoisotopic (exact) mass is 407 g/mol. The number of para-hydroxylation sites is 1. The molecule has 3 rings (SSSR count). The van der Waals surface area contributed by atoms with Gasteiger partial charge in [-0.2, -0.15) is 0 Å². The fourth-order valence-electron chi connectivity index (χ4n) is 3.83. The van der Waals surface area contributed by atoms with Gasteiger partial charge in [-0.25, -0.2) is 0 Å². The molecule has 6 heteroatoms. The molecule has 2 aromatic rings. The molecule has 2 aromatic carbocycles. The van der Waals surface area contributed by atoms with Crippen LogP contribution < -0.4 is 16.0 Å². The third-order valence-corrected chi connectivity index (χ3v) is 5.59. The van der Waals surface area contributed by atoms with E-state index in [9.17, 15) is 14.4 Å². The molecule has 0 heterocycles. The van der Waals surface area contributed by atoms with Gasteiger partial charge in [0, 0.05) is 12.6 Å². The average molecular weight is 408 g/mol. The molecule has 2 atom stereocenters. The predicted molar refractivity (Wildman–Crippen MR) is 117 cm³/mol. The molecule has 0 spiro atoms. The minimum atomic E-state index is -0.758. The third kappa shape index (κ3) is 5.69. The zero-order chi connectivity index (χ0) is 21.5. The van der Waals surface area contributed by atoms with E-state index in [1.807, 2.05) is 31.2 Å². The molecule has 1 aliphatic carbocycles. The summed E-state index contributed by atoms with van der Waals surface area (Å²) < 4.78 is 0. The molecule has 0 unspecified atom stereocenters. The predicted octanol–water partition coefficient (Wildman–Crippen LogP) is 3.56. The van der Waals surface area contributed by atoms with E-state index >= 15 is 0 Å². The smallest absolute Gasteiger partial charge is 0.313 e. The van der Waals surface area contributed by atoms with Gasteiger partial charge in [-0.1, -0.05) is 61.7 Å². The van der Waals surface area contributed by atoms with E-state index < -0.39 is 11.8 Å². The zero-order valence-corrected chi connectivity index (χ0v) is 17.5. The van der Waals surface area contributed by atoms with Crippen LogP contribution in [0.3, 0.4) is 0 Å². The summed E-state index contributed by atoms with van der Waals surface area (Å²) in [4.78, 5) is 37.5. The Morgan fingerprint density at radius 2 is 1.73 bits per heavy atom. The Morgan fingerprint density at radius 1 is 0.967 bits per heavy atom. The molecule has 1 saturated carbocycles. The molecule has 1 aliphatic rings. The maximum atomic E-state index is 12.7. The molecule has 3 N–H and O–H groups in total. The van der Waals surface area contributed by atoms with Crippen LogP contribution in [0, 0.1) is 12.8 Å². The van der Waals surface area contributed by atoms with Gasteiger partial charge in [0.05, 0.1) is 11.3 Å². The zero-order valence-electron chi connectivity index (χ0n) is 17.5. The molecule has 0 aromatic heterocycles. The molecular weight excluding hydrogens is 378 g/mol. The van der Waals surface area contributed by atoms with Gasteiger partial charge < -0.3 is 16.0 Å². The fourth-order valence-corrected chi connectivity index (χ4v) is 3.83. The van der Waals surface area contributed by atoms with Gasteiger partial charge in [0.15, 0.2) is 0 Å². The molecule has 3 amide bonds. The highest BCUT2D eigenvalue weighted by atomic mass is 16.2. The first-order valence-electron chi connectivity index (χ1n) is 10.5. The number of nitrogens with one attached hydrogen (secondary N) is 3. The molecule has 0 radical (unpaired) electrons. The Morgan fingerprint density at radius 3 is 2.50 bits per heavy atom. The largest absolute Gasteiger partial charge is 0.348 e. The van der Waals surface area contributed by atoms with E-state index in [0.717, 1.165) is 36.8 Å². The second-order valence-corrected chi connectivity index (χ2v) is 8.01. The van der Waals surface area contributed by atoms with Crippen LogP contribution >= 0.6 is 0 Å². The van der Waals surface area contributed by atoms with Crippen LogP contribution in [0.4, 0.5) is 5.69 Å². The van der Waals surface area contributed by atoms with Gasteiger partial charge in [0.1, 0.15) is 0 Å². The van der Waals surface area contributed by atoms with Gasteiger partial charge in [-0.15, -0.1) is 0 Å². The topological polar surface area (TPSA) is 87.3 Å². The minimum absolute atomic E-state index is 0.0184. The first-order chi connectivity index (χ1) is 14.4. The highest BCUT2D eigenvalue weighted by Crippen LogP contribution is 2.23. The van der Waals surface area contributed by atoms with Crippen LogP contribution in [-0.2, 0) is 16.1 Å². The molecule has 0 saturated heterocycles. The fraction of sp³-hybridized carbons (Fsp3) is 0.375. The first-order valence-corrected chi connectivity index (χ1v) is 10.5. The van der Waals surface area contributed by atoms with Crippen LogP contribution in [-0.4, -0.2) is 23.8 Å². The summed E-state index contributed by atoms with van der Waals surface area (Å²) in [5.41, 5.74) is 2.74. The number of rotatable bonds is 5. The van der Waals surface area contributed by atoms with Crippen molar-refractivity contribution in [1.29, 1.82) is 0 Å². The van der Waals surface area contributed by atoms with E-state index in [0.29, 0.717) is 23.7 Å². The van der Waals surface area contributed by atoms with Crippen LogP contribution in [0.15, 0.2) is 48.5 Å². The van der Waals surface area contributed by atoms with Crippen LogP contribution in [0.25, 0.3) is 0 Å². The summed E-state index contributed by atoms with van der Waals surface area (Å²) in [7, 11) is 0. The lowest BCUT2D eigenvalue weighted by Crippen LogP contribution is -2.46. The number of carbonyl (C=O) groups is 3. The van der Waals surface area contributed by atoms with E-state index in [1.54, 1.807) is 24.3 Å². The van der Waals surface area contributed by atoms with Gasteiger partial charge in [-0.05, 0) is 43.4 Å². The van der Waals surface area contributed by atoms with Crippen LogP contribution in [0.1, 0.15) is 54.1 Å². The van der Waals surface area contributed by atoms with E-state index in [1.165, 1.54) is 0 Å². The highest BCUT2D eigenvalue weighted by molar-refractivity contribution is 6.40. The number of anilines is 1. The van der Waals surface area contributed by atoms with E-state index in [2.05, 4.69) is 22.9 Å². The summed E-state index contributed by atoms with van der Waals surface area (Å²) >= 11 is 0. The Labute approximate surface area is 177 Å². The quantitative estimate of drug-likeness (QED) is 0.663. The van der Waals surface area contributed by atoms with Crippen LogP contribution in [0.2, 0.25) is 0 Å². The Bertz CT molecular complexity index is 925. The lowest BCUT2D eigenvalue weighted by atomic mass is 9.86. The van der Waals surface area contributed by atoms with E-state index in [4.69, 9.17) is 0 Å². The first kappa shape index (κ1) is 21.6. The molecule has 0 aliphatic heterocycles. The normalized spacial score (nSPS) is 18.3. The van der Waals surface area contributed by atoms with Gasteiger partial charge in [-0.3, -0.25) is 14.4 Å². The van der Waals surface area contributed by atoms with E-state index in [-0.39, 0.29) is 11.9 Å². The molecule has 0 bridgehead atoms. The summed E-state index contributed by atoms with van der Waals surface area (Å²) in [5, 5.41) is 8.29. The Balaban J connectivity index is 1.61. The average Bonchev–Trinajstić information content (AvgIpc) is 2.74. The van der Waals surface area contributed by atoms with Crippen molar-refractivity contribution in [1.82, 2.24) is 10.6 Å². The lowest BCUT2D eigenvalue weighted by molar-refractivity contribution is -0.137. The Hall–Kier alpha value is -3.15. The number of carbonyl (C=O) groups excluding carboxylic acids is 3.